The molecule has 0 heterocycles. The molecule has 0 spiro atoms. The van der Waals surface area contributed by atoms with Crippen LogP contribution in [0.25, 0.3) is 0 Å². The highest BCUT2D eigenvalue weighted by Gasteiger charge is 2.16. The van der Waals surface area contributed by atoms with Crippen LogP contribution >= 0.6 is 0 Å². The van der Waals surface area contributed by atoms with Gasteiger partial charge >= 0.3 is 0 Å². The summed E-state index contributed by atoms with van der Waals surface area (Å²) in [6.07, 6.45) is 1.95. The molecule has 0 aliphatic carbocycles. The van der Waals surface area contributed by atoms with Crippen molar-refractivity contribution in [2.45, 2.75) is 80.1 Å². The third kappa shape index (κ3) is 8.81. The molecule has 0 saturated carbocycles. The second-order valence-corrected chi connectivity index (χ2v) is 9.39. The van der Waals surface area contributed by atoms with Gasteiger partial charge in [-0.15, -0.1) is 0 Å². The molecule has 2 aromatic rings. The summed E-state index contributed by atoms with van der Waals surface area (Å²) in [5, 5.41) is 11.0. The van der Waals surface area contributed by atoms with E-state index in [4.69, 9.17) is 0 Å². The monoisotopic (exact) mass is 397 g/mol. The van der Waals surface area contributed by atoms with E-state index in [-0.39, 0.29) is 10.6 Å². The van der Waals surface area contributed by atoms with Crippen LogP contribution < -0.4 is 0 Å². The molecule has 3 heteroatoms. The third-order valence-electron chi connectivity index (χ3n) is 4.89. The Morgan fingerprint density at radius 2 is 1.21 bits per heavy atom. The molecule has 0 bridgehead atoms. The molecule has 0 aromatic heterocycles. The first-order valence-electron chi connectivity index (χ1n) is 10.9. The summed E-state index contributed by atoms with van der Waals surface area (Å²) in [6, 6.07) is 14.6. The summed E-state index contributed by atoms with van der Waals surface area (Å²) in [5.41, 5.74) is 5.02. The van der Waals surface area contributed by atoms with Gasteiger partial charge in [0, 0.05) is 11.6 Å². The normalized spacial score (nSPS) is 11.2. The molecule has 0 fully saturated rings. The summed E-state index contributed by atoms with van der Waals surface area (Å²) >= 11 is 0. The SMILES string of the molecule is CC(C)Cc1ccc(C(C)C)cc1.CC(C)Cc1ccc(C(C)C)cc1[N+](=O)[O-]. The molecule has 0 aliphatic heterocycles. The molecule has 0 aliphatic rings. The molecule has 29 heavy (non-hydrogen) atoms. The quantitative estimate of drug-likeness (QED) is 0.352. The number of hydrogen-bond donors (Lipinski definition) is 0. The van der Waals surface area contributed by atoms with Gasteiger partial charge in [0.1, 0.15) is 0 Å². The number of rotatable bonds is 7. The second-order valence-electron chi connectivity index (χ2n) is 9.39. The van der Waals surface area contributed by atoms with Gasteiger partial charge in [-0.25, -0.2) is 0 Å². The first kappa shape index (κ1) is 24.9. The van der Waals surface area contributed by atoms with E-state index >= 15 is 0 Å². The Morgan fingerprint density at radius 3 is 1.62 bits per heavy atom. The lowest BCUT2D eigenvalue weighted by Crippen LogP contribution is -2.01. The summed E-state index contributed by atoms with van der Waals surface area (Å²) < 4.78 is 0. The van der Waals surface area contributed by atoms with Crippen molar-refractivity contribution < 1.29 is 4.92 Å². The molecule has 0 amide bonds. The standard InChI is InChI=1S/C13H19NO2.C13H20/c1-9(2)7-12-6-5-11(10(3)4)8-13(12)14(15)16;1-10(2)9-12-5-7-13(8-6-12)11(3)4/h5-6,8-10H,7H2,1-4H3;5-8,10-11H,9H2,1-4H3. The van der Waals surface area contributed by atoms with Crippen molar-refractivity contribution in [3.63, 3.8) is 0 Å². The van der Waals surface area contributed by atoms with Crippen LogP contribution in [0.3, 0.4) is 0 Å². The van der Waals surface area contributed by atoms with E-state index in [0.717, 1.165) is 23.5 Å². The largest absolute Gasteiger partial charge is 0.272 e. The van der Waals surface area contributed by atoms with E-state index < -0.39 is 0 Å². The summed E-state index contributed by atoms with van der Waals surface area (Å²) in [7, 11) is 0. The maximum atomic E-state index is 11.0. The minimum absolute atomic E-state index is 0.264. The predicted molar refractivity (Wildman–Crippen MR) is 125 cm³/mol. The zero-order chi connectivity index (χ0) is 22.1. The van der Waals surface area contributed by atoms with Gasteiger partial charge in [0.25, 0.3) is 5.69 Å². The zero-order valence-corrected chi connectivity index (χ0v) is 19.5. The Balaban J connectivity index is 0.000000296. The molecule has 0 saturated heterocycles. The molecular weight excluding hydrogens is 358 g/mol. The average Bonchev–Trinajstić information content (AvgIpc) is 2.61. The zero-order valence-electron chi connectivity index (χ0n) is 19.5. The Morgan fingerprint density at radius 1 is 0.724 bits per heavy atom. The maximum absolute atomic E-state index is 11.0. The molecule has 2 aromatic carbocycles. The van der Waals surface area contributed by atoms with Gasteiger partial charge in [-0.3, -0.25) is 10.1 Å². The maximum Gasteiger partial charge on any atom is 0.272 e. The van der Waals surface area contributed by atoms with Crippen LogP contribution in [0.5, 0.6) is 0 Å². The lowest BCUT2D eigenvalue weighted by Gasteiger charge is -2.09. The number of nitrogens with zero attached hydrogens (tertiary/aromatic N) is 1. The van der Waals surface area contributed by atoms with Gasteiger partial charge < -0.3 is 0 Å². The van der Waals surface area contributed by atoms with Crippen molar-refractivity contribution in [2.24, 2.45) is 11.8 Å². The molecule has 0 N–H and O–H groups in total. The van der Waals surface area contributed by atoms with E-state index in [1.54, 1.807) is 6.07 Å². The smallest absolute Gasteiger partial charge is 0.258 e. The average molecular weight is 398 g/mol. The van der Waals surface area contributed by atoms with Gasteiger partial charge in [0.15, 0.2) is 0 Å². The first-order valence-corrected chi connectivity index (χ1v) is 10.9. The Kier molecular flexibility index (Phi) is 10.1. The van der Waals surface area contributed by atoms with E-state index in [1.807, 2.05) is 26.0 Å². The lowest BCUT2D eigenvalue weighted by molar-refractivity contribution is -0.385. The van der Waals surface area contributed by atoms with Crippen molar-refractivity contribution in [3.05, 3.63) is 74.8 Å². The number of benzene rings is 2. The lowest BCUT2D eigenvalue weighted by atomic mass is 9.96. The highest BCUT2D eigenvalue weighted by atomic mass is 16.6. The Labute approximate surface area is 177 Å². The number of nitro groups is 1. The number of nitro benzene ring substituents is 1. The van der Waals surface area contributed by atoms with E-state index in [1.165, 1.54) is 17.5 Å². The number of hydrogen-bond acceptors (Lipinski definition) is 2. The van der Waals surface area contributed by atoms with Gasteiger partial charge in [-0.05, 0) is 53.2 Å². The van der Waals surface area contributed by atoms with Crippen LogP contribution in [0.1, 0.15) is 89.5 Å². The fourth-order valence-electron chi connectivity index (χ4n) is 3.23. The van der Waals surface area contributed by atoms with Crippen LogP contribution in [-0.2, 0) is 12.8 Å². The van der Waals surface area contributed by atoms with Gasteiger partial charge in [0.05, 0.1) is 4.92 Å². The van der Waals surface area contributed by atoms with E-state index in [2.05, 4.69) is 65.8 Å². The van der Waals surface area contributed by atoms with Crippen molar-refractivity contribution in [3.8, 4) is 0 Å². The van der Waals surface area contributed by atoms with Crippen LogP contribution in [0.2, 0.25) is 0 Å². The molecule has 2 rings (SSSR count). The molecule has 0 radical (unpaired) electrons. The Bertz CT molecular complexity index is 759. The Hall–Kier alpha value is -2.16. The van der Waals surface area contributed by atoms with Crippen LogP contribution in [0, 0.1) is 22.0 Å². The van der Waals surface area contributed by atoms with E-state index in [0.29, 0.717) is 17.8 Å². The van der Waals surface area contributed by atoms with Crippen molar-refractivity contribution in [1.82, 2.24) is 0 Å². The van der Waals surface area contributed by atoms with Gasteiger partial charge in [-0.2, -0.15) is 0 Å². The summed E-state index contributed by atoms with van der Waals surface area (Å²) in [5.74, 6) is 2.16. The molecule has 0 unspecified atom stereocenters. The topological polar surface area (TPSA) is 43.1 Å². The molecule has 3 nitrogen and oxygen atoms in total. The van der Waals surface area contributed by atoms with Gasteiger partial charge in [-0.1, -0.05) is 91.8 Å². The van der Waals surface area contributed by atoms with Crippen LogP contribution in [-0.4, -0.2) is 4.92 Å². The van der Waals surface area contributed by atoms with E-state index in [9.17, 15) is 10.1 Å². The first-order chi connectivity index (χ1) is 13.5. The summed E-state index contributed by atoms with van der Waals surface area (Å²) in [4.78, 5) is 10.7. The van der Waals surface area contributed by atoms with Crippen molar-refractivity contribution in [1.29, 1.82) is 0 Å². The highest BCUT2D eigenvalue weighted by Crippen LogP contribution is 2.26. The third-order valence-corrected chi connectivity index (χ3v) is 4.89. The van der Waals surface area contributed by atoms with Crippen LogP contribution in [0.4, 0.5) is 5.69 Å². The second kappa shape index (κ2) is 11.7. The minimum Gasteiger partial charge on any atom is -0.258 e. The fraction of sp³-hybridized carbons (Fsp3) is 0.538. The molecular formula is C26H39NO2. The fourth-order valence-corrected chi connectivity index (χ4v) is 3.23. The highest BCUT2D eigenvalue weighted by molar-refractivity contribution is 5.44. The predicted octanol–water partition coefficient (Wildman–Crippen LogP) is 7.93. The molecule has 0 atom stereocenters. The van der Waals surface area contributed by atoms with Crippen LogP contribution in [0.15, 0.2) is 42.5 Å². The minimum atomic E-state index is -0.274. The van der Waals surface area contributed by atoms with Crippen molar-refractivity contribution in [2.75, 3.05) is 0 Å². The summed E-state index contributed by atoms with van der Waals surface area (Å²) in [6.45, 7) is 17.2. The van der Waals surface area contributed by atoms with Crippen molar-refractivity contribution >= 4 is 5.69 Å². The molecule has 160 valence electrons. The van der Waals surface area contributed by atoms with Gasteiger partial charge in [0.2, 0.25) is 0 Å².